The van der Waals surface area contributed by atoms with E-state index in [9.17, 15) is 18.0 Å². The second-order valence-electron chi connectivity index (χ2n) is 10.5. The number of amides is 2. The van der Waals surface area contributed by atoms with E-state index >= 15 is 0 Å². The van der Waals surface area contributed by atoms with Crippen LogP contribution in [-0.2, 0) is 32.6 Å². The van der Waals surface area contributed by atoms with E-state index in [0.29, 0.717) is 17.1 Å². The van der Waals surface area contributed by atoms with Crippen LogP contribution >= 0.6 is 34.2 Å². The van der Waals surface area contributed by atoms with Crippen LogP contribution in [0.3, 0.4) is 0 Å². The zero-order chi connectivity index (χ0) is 31.7. The first-order valence-corrected chi connectivity index (χ1v) is 17.2. The zero-order valence-corrected chi connectivity index (χ0v) is 28.3. The summed E-state index contributed by atoms with van der Waals surface area (Å²) in [5.41, 5.74) is 1.97. The molecule has 4 aromatic rings. The third kappa shape index (κ3) is 8.83. The maximum Gasteiger partial charge on any atom is 0.264 e. The summed E-state index contributed by atoms with van der Waals surface area (Å²) < 4.78 is 30.1. The molecular weight excluding hydrogens is 709 g/mol. The average molecular weight is 744 g/mol. The fourth-order valence-electron chi connectivity index (χ4n) is 4.64. The number of sulfonamides is 1. The maximum absolute atomic E-state index is 14.4. The van der Waals surface area contributed by atoms with Crippen LogP contribution in [0.15, 0.2) is 114 Å². The highest BCUT2D eigenvalue weighted by Gasteiger charge is 2.35. The number of nitrogens with zero attached hydrogens (tertiary/aromatic N) is 2. The smallest absolute Gasteiger partial charge is 0.264 e. The molecule has 0 aliphatic heterocycles. The Morgan fingerprint density at radius 2 is 1.43 bits per heavy atom. The molecule has 0 saturated heterocycles. The number of anilines is 1. The standard InChI is InChI=1S/C34H35ClIN3O4S/c1-3-25(2)37-34(41)32(22-26-10-6-4-7-11-26)38(23-27-14-16-28(35)17-15-27)33(40)24-39(30-20-18-29(36)19-21-30)44(42,43)31-12-8-5-9-13-31/h4-21,25,32H,3,22-24H2,1-2H3,(H,37,41)/t25-,32+/m0/s1. The summed E-state index contributed by atoms with van der Waals surface area (Å²) in [6.45, 7) is 3.45. The SMILES string of the molecule is CC[C@H](C)NC(=O)[C@@H](Cc1ccccc1)N(Cc1ccc(Cl)cc1)C(=O)CN(c1ccc(I)cc1)S(=O)(=O)c1ccccc1. The van der Waals surface area contributed by atoms with Crippen LogP contribution < -0.4 is 9.62 Å². The molecule has 4 aromatic carbocycles. The van der Waals surface area contributed by atoms with Gasteiger partial charge in [-0.2, -0.15) is 0 Å². The summed E-state index contributed by atoms with van der Waals surface area (Å²) in [6.07, 6.45) is 0.961. The van der Waals surface area contributed by atoms with Gasteiger partial charge in [-0.25, -0.2) is 8.42 Å². The van der Waals surface area contributed by atoms with E-state index < -0.39 is 28.5 Å². The minimum Gasteiger partial charge on any atom is -0.352 e. The summed E-state index contributed by atoms with van der Waals surface area (Å²) in [7, 11) is -4.14. The molecule has 230 valence electrons. The van der Waals surface area contributed by atoms with E-state index in [4.69, 9.17) is 11.6 Å². The van der Waals surface area contributed by atoms with Crippen LogP contribution in [0.5, 0.6) is 0 Å². The molecule has 0 aliphatic carbocycles. The van der Waals surface area contributed by atoms with Crippen LogP contribution in [0, 0.1) is 3.57 Å². The van der Waals surface area contributed by atoms with Gasteiger partial charge >= 0.3 is 0 Å². The number of carbonyl (C=O) groups is 2. The average Bonchev–Trinajstić information content (AvgIpc) is 3.03. The molecule has 2 amide bonds. The fourth-order valence-corrected chi connectivity index (χ4v) is 6.56. The molecular formula is C34H35ClIN3O4S. The molecule has 1 N–H and O–H groups in total. The van der Waals surface area contributed by atoms with Crippen molar-refractivity contribution in [3.05, 3.63) is 129 Å². The zero-order valence-electron chi connectivity index (χ0n) is 24.6. The van der Waals surface area contributed by atoms with Crippen LogP contribution in [-0.4, -0.2) is 43.8 Å². The van der Waals surface area contributed by atoms with Crippen LogP contribution in [0.1, 0.15) is 31.4 Å². The summed E-state index contributed by atoms with van der Waals surface area (Å²) in [5, 5.41) is 3.58. The van der Waals surface area contributed by atoms with Gasteiger partial charge in [0.2, 0.25) is 11.8 Å². The van der Waals surface area contributed by atoms with Crippen molar-refractivity contribution in [1.29, 1.82) is 0 Å². The highest BCUT2D eigenvalue weighted by Crippen LogP contribution is 2.26. The summed E-state index contributed by atoms with van der Waals surface area (Å²) in [5.74, 6) is -0.824. The van der Waals surface area contributed by atoms with Crippen molar-refractivity contribution in [2.24, 2.45) is 0 Å². The summed E-state index contributed by atoms with van der Waals surface area (Å²) in [4.78, 5) is 29.8. The van der Waals surface area contributed by atoms with E-state index in [1.165, 1.54) is 17.0 Å². The van der Waals surface area contributed by atoms with Gasteiger partial charge in [0.1, 0.15) is 12.6 Å². The topological polar surface area (TPSA) is 86.8 Å². The number of halogens is 2. The molecule has 2 atom stereocenters. The van der Waals surface area contributed by atoms with Gasteiger partial charge in [-0.05, 0) is 95.6 Å². The number of hydrogen-bond acceptors (Lipinski definition) is 4. The molecule has 44 heavy (non-hydrogen) atoms. The Morgan fingerprint density at radius 3 is 2.02 bits per heavy atom. The summed E-state index contributed by atoms with van der Waals surface area (Å²) in [6, 6.07) is 30.5. The molecule has 0 bridgehead atoms. The van der Waals surface area contributed by atoms with E-state index in [-0.39, 0.29) is 29.8 Å². The highest BCUT2D eigenvalue weighted by atomic mass is 127. The largest absolute Gasteiger partial charge is 0.352 e. The van der Waals surface area contributed by atoms with Crippen molar-refractivity contribution in [2.75, 3.05) is 10.8 Å². The van der Waals surface area contributed by atoms with Gasteiger partial charge in [-0.15, -0.1) is 0 Å². The van der Waals surface area contributed by atoms with E-state index in [2.05, 4.69) is 27.9 Å². The minimum atomic E-state index is -4.14. The molecule has 4 rings (SSSR count). The summed E-state index contributed by atoms with van der Waals surface area (Å²) >= 11 is 8.29. The molecule has 10 heteroatoms. The predicted molar refractivity (Wildman–Crippen MR) is 184 cm³/mol. The first-order valence-electron chi connectivity index (χ1n) is 14.3. The van der Waals surface area contributed by atoms with Crippen molar-refractivity contribution in [2.45, 2.75) is 50.2 Å². The van der Waals surface area contributed by atoms with Gasteiger partial charge in [0.15, 0.2) is 0 Å². The number of hydrogen-bond donors (Lipinski definition) is 1. The minimum absolute atomic E-state index is 0.0611. The molecule has 0 fully saturated rings. The van der Waals surface area contributed by atoms with Crippen LogP contribution in [0.4, 0.5) is 5.69 Å². The van der Waals surface area contributed by atoms with Crippen molar-refractivity contribution < 1.29 is 18.0 Å². The third-order valence-electron chi connectivity index (χ3n) is 7.26. The van der Waals surface area contributed by atoms with E-state index in [0.717, 1.165) is 19.0 Å². The number of benzene rings is 4. The number of rotatable bonds is 13. The lowest BCUT2D eigenvalue weighted by molar-refractivity contribution is -0.140. The van der Waals surface area contributed by atoms with Gasteiger partial charge in [0.05, 0.1) is 10.6 Å². The third-order valence-corrected chi connectivity index (χ3v) is 10.0. The van der Waals surface area contributed by atoms with Gasteiger partial charge < -0.3 is 10.2 Å². The predicted octanol–water partition coefficient (Wildman–Crippen LogP) is 6.69. The first-order chi connectivity index (χ1) is 21.1. The highest BCUT2D eigenvalue weighted by molar-refractivity contribution is 14.1. The van der Waals surface area contributed by atoms with Crippen molar-refractivity contribution >= 4 is 61.7 Å². The van der Waals surface area contributed by atoms with Gasteiger partial charge in [-0.1, -0.05) is 79.2 Å². The Bertz CT molecular complexity index is 1640. The van der Waals surface area contributed by atoms with Crippen LogP contribution in [0.25, 0.3) is 0 Å². The molecule has 0 saturated carbocycles. The normalized spacial score (nSPS) is 12.6. The van der Waals surface area contributed by atoms with Crippen LogP contribution in [0.2, 0.25) is 5.02 Å². The first kappa shape index (κ1) is 33.5. The van der Waals surface area contributed by atoms with Gasteiger partial charge in [-0.3, -0.25) is 13.9 Å². The lowest BCUT2D eigenvalue weighted by Crippen LogP contribution is -2.54. The molecule has 0 radical (unpaired) electrons. The Hall–Kier alpha value is -3.41. The Balaban J connectivity index is 1.79. The van der Waals surface area contributed by atoms with Crippen molar-refractivity contribution in [3.63, 3.8) is 0 Å². The molecule has 7 nitrogen and oxygen atoms in total. The second kappa shape index (κ2) is 15.5. The molecule has 0 aliphatic rings. The monoisotopic (exact) mass is 743 g/mol. The Kier molecular flexibility index (Phi) is 11.8. The number of carbonyl (C=O) groups excluding carboxylic acids is 2. The number of nitrogens with one attached hydrogen (secondary N) is 1. The quantitative estimate of drug-likeness (QED) is 0.155. The molecule has 0 unspecified atom stereocenters. The molecule has 0 aromatic heterocycles. The fraction of sp³-hybridized carbons (Fsp3) is 0.235. The van der Waals surface area contributed by atoms with Gasteiger partial charge in [0.25, 0.3) is 10.0 Å². The lowest BCUT2D eigenvalue weighted by atomic mass is 10.0. The van der Waals surface area contributed by atoms with E-state index in [1.807, 2.05) is 44.2 Å². The van der Waals surface area contributed by atoms with Crippen molar-refractivity contribution in [3.8, 4) is 0 Å². The Labute approximate surface area is 278 Å². The second-order valence-corrected chi connectivity index (χ2v) is 14.0. The van der Waals surface area contributed by atoms with Crippen molar-refractivity contribution in [1.82, 2.24) is 10.2 Å². The molecule has 0 spiro atoms. The lowest BCUT2D eigenvalue weighted by Gasteiger charge is -2.34. The maximum atomic E-state index is 14.4. The molecule has 0 heterocycles. The van der Waals surface area contributed by atoms with Gasteiger partial charge in [0, 0.05) is 27.6 Å². The Morgan fingerprint density at radius 1 is 0.841 bits per heavy atom. The van der Waals surface area contributed by atoms with E-state index in [1.54, 1.807) is 66.7 Å².